The molecule has 2 aromatic heterocycles. The first-order valence-corrected chi connectivity index (χ1v) is 10.2. The molecule has 0 spiro atoms. The fourth-order valence-electron chi connectivity index (χ4n) is 3.46. The molecule has 2 heterocycles. The number of imidazole rings is 1. The minimum Gasteiger partial charge on any atom is -0.342 e. The Morgan fingerprint density at radius 2 is 2.00 bits per heavy atom. The van der Waals surface area contributed by atoms with Gasteiger partial charge in [-0.1, -0.05) is 24.3 Å². The van der Waals surface area contributed by atoms with Gasteiger partial charge in [0.2, 0.25) is 0 Å². The Morgan fingerprint density at radius 1 is 1.16 bits per heavy atom. The van der Waals surface area contributed by atoms with E-state index in [-0.39, 0.29) is 11.7 Å². The van der Waals surface area contributed by atoms with Gasteiger partial charge in [0.25, 0.3) is 5.91 Å². The van der Waals surface area contributed by atoms with Crippen LogP contribution in [0.25, 0.3) is 11.3 Å². The molecule has 6 nitrogen and oxygen atoms in total. The van der Waals surface area contributed by atoms with Crippen molar-refractivity contribution in [1.29, 1.82) is 0 Å². The van der Waals surface area contributed by atoms with Crippen LogP contribution in [-0.2, 0) is 13.0 Å². The Morgan fingerprint density at radius 3 is 2.74 bits per heavy atom. The molecule has 0 saturated heterocycles. The van der Waals surface area contributed by atoms with E-state index < -0.39 is 0 Å². The van der Waals surface area contributed by atoms with Crippen molar-refractivity contribution in [1.82, 2.24) is 24.6 Å². The molecule has 2 aromatic carbocycles. The van der Waals surface area contributed by atoms with Gasteiger partial charge in [-0.15, -0.1) is 0 Å². The van der Waals surface area contributed by atoms with Crippen molar-refractivity contribution < 1.29 is 9.18 Å². The Hall–Kier alpha value is -3.74. The summed E-state index contributed by atoms with van der Waals surface area (Å²) in [7, 11) is 1.81. The smallest absolute Gasteiger partial charge is 0.253 e. The highest BCUT2D eigenvalue weighted by molar-refractivity contribution is 5.94. The van der Waals surface area contributed by atoms with Crippen molar-refractivity contribution in [3.8, 4) is 11.3 Å². The van der Waals surface area contributed by atoms with E-state index in [0.29, 0.717) is 12.1 Å². The van der Waals surface area contributed by atoms with Crippen molar-refractivity contribution in [3.05, 3.63) is 96.0 Å². The molecule has 0 aliphatic rings. The number of rotatable bonds is 8. The van der Waals surface area contributed by atoms with Gasteiger partial charge in [-0.3, -0.25) is 9.89 Å². The van der Waals surface area contributed by atoms with Crippen molar-refractivity contribution in [2.75, 3.05) is 13.6 Å². The molecule has 0 atom stereocenters. The number of halogens is 1. The van der Waals surface area contributed by atoms with E-state index >= 15 is 0 Å². The van der Waals surface area contributed by atoms with Gasteiger partial charge < -0.3 is 9.47 Å². The van der Waals surface area contributed by atoms with Gasteiger partial charge in [-0.2, -0.15) is 5.10 Å². The SMILES string of the molecule is CN(CCCc1cc(-c2cccc(F)c2)n[nH]1)C(=O)c1ccc(Cn2ccnc2)cc1. The van der Waals surface area contributed by atoms with Gasteiger partial charge in [0, 0.05) is 49.4 Å². The lowest BCUT2D eigenvalue weighted by Crippen LogP contribution is -2.28. The summed E-state index contributed by atoms with van der Waals surface area (Å²) in [6, 6.07) is 16.0. The summed E-state index contributed by atoms with van der Waals surface area (Å²) in [5, 5.41) is 7.27. The van der Waals surface area contributed by atoms with E-state index in [1.165, 1.54) is 12.1 Å². The maximum atomic E-state index is 13.4. The monoisotopic (exact) mass is 417 g/mol. The molecular weight excluding hydrogens is 393 g/mol. The van der Waals surface area contributed by atoms with Crippen molar-refractivity contribution in [3.63, 3.8) is 0 Å². The van der Waals surface area contributed by atoms with Crippen LogP contribution < -0.4 is 0 Å². The number of hydrogen-bond donors (Lipinski definition) is 1. The Labute approximate surface area is 180 Å². The second kappa shape index (κ2) is 9.38. The normalized spacial score (nSPS) is 10.9. The highest BCUT2D eigenvalue weighted by atomic mass is 19.1. The third kappa shape index (κ3) is 5.25. The van der Waals surface area contributed by atoms with Crippen LogP contribution in [0.5, 0.6) is 0 Å². The van der Waals surface area contributed by atoms with Crippen molar-refractivity contribution in [2.45, 2.75) is 19.4 Å². The van der Waals surface area contributed by atoms with E-state index in [9.17, 15) is 9.18 Å². The Kier molecular flexibility index (Phi) is 6.21. The summed E-state index contributed by atoms with van der Waals surface area (Å²) < 4.78 is 15.4. The summed E-state index contributed by atoms with van der Waals surface area (Å²) in [4.78, 5) is 18.5. The maximum Gasteiger partial charge on any atom is 0.253 e. The number of aryl methyl sites for hydroxylation is 1. The Balaban J connectivity index is 1.28. The number of hydrogen-bond acceptors (Lipinski definition) is 3. The van der Waals surface area contributed by atoms with Crippen LogP contribution in [-0.4, -0.2) is 44.1 Å². The van der Waals surface area contributed by atoms with Crippen LogP contribution in [0.3, 0.4) is 0 Å². The molecule has 4 rings (SSSR count). The number of aromatic nitrogens is 4. The molecular formula is C24H24FN5O. The predicted molar refractivity (Wildman–Crippen MR) is 117 cm³/mol. The molecule has 0 bridgehead atoms. The number of aromatic amines is 1. The molecule has 158 valence electrons. The van der Waals surface area contributed by atoms with E-state index in [2.05, 4.69) is 15.2 Å². The quantitative estimate of drug-likeness (QED) is 0.468. The van der Waals surface area contributed by atoms with Gasteiger partial charge in [-0.25, -0.2) is 9.37 Å². The molecule has 0 aliphatic heterocycles. The fraction of sp³-hybridized carbons (Fsp3) is 0.208. The second-order valence-electron chi connectivity index (χ2n) is 7.55. The highest BCUT2D eigenvalue weighted by Gasteiger charge is 2.12. The van der Waals surface area contributed by atoms with Crippen LogP contribution in [0.1, 0.15) is 28.0 Å². The topological polar surface area (TPSA) is 66.8 Å². The number of nitrogens with zero attached hydrogens (tertiary/aromatic N) is 4. The molecule has 0 fully saturated rings. The molecule has 0 aliphatic carbocycles. The first kappa shape index (κ1) is 20.5. The van der Waals surface area contributed by atoms with Crippen LogP contribution in [0.2, 0.25) is 0 Å². The van der Waals surface area contributed by atoms with E-state index in [1.807, 2.05) is 54.2 Å². The summed E-state index contributed by atoms with van der Waals surface area (Å²) >= 11 is 0. The standard InChI is InChI=1S/C24H24FN5O/c1-29(24(31)19-9-7-18(8-10-19)16-30-13-11-26-17-30)12-3-6-22-15-23(28-27-22)20-4-2-5-21(25)14-20/h2,4-5,7-11,13-15,17H,3,6,12,16H2,1H3,(H,27,28). The molecule has 0 saturated carbocycles. The Bertz CT molecular complexity index is 1140. The third-order valence-corrected chi connectivity index (χ3v) is 5.16. The minimum atomic E-state index is -0.281. The van der Waals surface area contributed by atoms with Crippen LogP contribution in [0.4, 0.5) is 4.39 Å². The molecule has 31 heavy (non-hydrogen) atoms. The van der Waals surface area contributed by atoms with E-state index in [0.717, 1.165) is 41.9 Å². The number of carbonyl (C=O) groups excluding carboxylic acids is 1. The number of H-pyrrole nitrogens is 1. The van der Waals surface area contributed by atoms with E-state index in [4.69, 9.17) is 0 Å². The fourth-order valence-corrected chi connectivity index (χ4v) is 3.46. The van der Waals surface area contributed by atoms with Crippen LogP contribution >= 0.6 is 0 Å². The summed E-state index contributed by atoms with van der Waals surface area (Å²) in [6.07, 6.45) is 6.98. The van der Waals surface area contributed by atoms with Gasteiger partial charge >= 0.3 is 0 Å². The van der Waals surface area contributed by atoms with Crippen LogP contribution in [0, 0.1) is 5.82 Å². The molecule has 0 radical (unpaired) electrons. The first-order valence-electron chi connectivity index (χ1n) is 10.2. The lowest BCUT2D eigenvalue weighted by Gasteiger charge is -2.17. The predicted octanol–water partition coefficient (Wildman–Crippen LogP) is 4.17. The van der Waals surface area contributed by atoms with Gasteiger partial charge in [-0.05, 0) is 48.7 Å². The summed E-state index contributed by atoms with van der Waals surface area (Å²) in [5.74, 6) is -0.281. The van der Waals surface area contributed by atoms with Crippen LogP contribution in [0.15, 0.2) is 73.3 Å². The minimum absolute atomic E-state index is 0.000702. The molecule has 1 N–H and O–H groups in total. The molecule has 4 aromatic rings. The number of amides is 1. The lowest BCUT2D eigenvalue weighted by molar-refractivity contribution is 0.0793. The number of benzene rings is 2. The number of carbonyl (C=O) groups is 1. The zero-order chi connectivity index (χ0) is 21.6. The lowest BCUT2D eigenvalue weighted by atomic mass is 10.1. The van der Waals surface area contributed by atoms with Gasteiger partial charge in [0.05, 0.1) is 12.0 Å². The average Bonchev–Trinajstić information content (AvgIpc) is 3.46. The molecule has 7 heteroatoms. The van der Waals surface area contributed by atoms with Gasteiger partial charge in [0.1, 0.15) is 5.82 Å². The highest BCUT2D eigenvalue weighted by Crippen LogP contribution is 2.19. The first-order chi connectivity index (χ1) is 15.1. The average molecular weight is 417 g/mol. The zero-order valence-electron chi connectivity index (χ0n) is 17.3. The summed E-state index contributed by atoms with van der Waals surface area (Å²) in [6.45, 7) is 1.36. The van der Waals surface area contributed by atoms with Gasteiger partial charge in [0.15, 0.2) is 0 Å². The van der Waals surface area contributed by atoms with Crippen molar-refractivity contribution in [2.24, 2.45) is 0 Å². The summed E-state index contributed by atoms with van der Waals surface area (Å²) in [5.41, 5.74) is 4.21. The van der Waals surface area contributed by atoms with Crippen molar-refractivity contribution >= 4 is 5.91 Å². The zero-order valence-corrected chi connectivity index (χ0v) is 17.3. The van der Waals surface area contributed by atoms with E-state index in [1.54, 1.807) is 23.5 Å². The number of nitrogens with one attached hydrogen (secondary N) is 1. The third-order valence-electron chi connectivity index (χ3n) is 5.16. The second-order valence-corrected chi connectivity index (χ2v) is 7.55. The molecule has 1 amide bonds. The molecule has 0 unspecified atom stereocenters. The largest absolute Gasteiger partial charge is 0.342 e. The maximum absolute atomic E-state index is 13.4.